The van der Waals surface area contributed by atoms with Gasteiger partial charge in [-0.15, -0.1) is 0 Å². The van der Waals surface area contributed by atoms with Crippen LogP contribution < -0.4 is 10.9 Å². The Morgan fingerprint density at radius 3 is 1.91 bits per heavy atom. The molecule has 0 aliphatic heterocycles. The quantitative estimate of drug-likeness (QED) is 0.428. The van der Waals surface area contributed by atoms with Crippen molar-refractivity contribution in [1.82, 2.24) is 0 Å². The number of hydrogen-bond donors (Lipinski definition) is 0. The van der Waals surface area contributed by atoms with Crippen LogP contribution in [0.15, 0.2) is 84.9 Å². The highest BCUT2D eigenvalue weighted by molar-refractivity contribution is 6.70. The molecule has 0 aromatic heterocycles. The van der Waals surface area contributed by atoms with E-state index < -0.39 is 0 Å². The first-order valence-electron chi connectivity index (χ1n) is 7.97. The van der Waals surface area contributed by atoms with Gasteiger partial charge in [-0.3, -0.25) is 0 Å². The molecule has 1 aliphatic rings. The fourth-order valence-corrected chi connectivity index (χ4v) is 3.69. The molecule has 0 saturated heterocycles. The van der Waals surface area contributed by atoms with Crippen LogP contribution in [0.4, 0.5) is 0 Å². The van der Waals surface area contributed by atoms with Crippen molar-refractivity contribution < 1.29 is 0 Å². The molecule has 4 aromatic rings. The minimum atomic E-state index is 1.24. The van der Waals surface area contributed by atoms with Crippen molar-refractivity contribution in [1.29, 1.82) is 0 Å². The van der Waals surface area contributed by atoms with Crippen LogP contribution in [0.25, 0.3) is 33.0 Å². The number of rotatable bonds is 2. The van der Waals surface area contributed by atoms with Crippen molar-refractivity contribution in [3.05, 3.63) is 84.9 Å². The number of fused-ring (bicyclic) bond motifs is 3. The van der Waals surface area contributed by atoms with Gasteiger partial charge < -0.3 is 0 Å². The van der Waals surface area contributed by atoms with Gasteiger partial charge in [0.05, 0.1) is 0 Å². The third kappa shape index (κ3) is 1.87. The van der Waals surface area contributed by atoms with Gasteiger partial charge in [0.1, 0.15) is 0 Å². The van der Waals surface area contributed by atoms with E-state index in [1.165, 1.54) is 44.0 Å². The van der Waals surface area contributed by atoms with E-state index in [0.29, 0.717) is 0 Å². The predicted octanol–water partition coefficient (Wildman–Crippen LogP) is 4.14. The molecule has 0 N–H and O–H groups in total. The summed E-state index contributed by atoms with van der Waals surface area (Å²) in [6.07, 6.45) is 0. The lowest BCUT2D eigenvalue weighted by Crippen LogP contribution is -2.27. The van der Waals surface area contributed by atoms with Gasteiger partial charge in [-0.2, -0.15) is 0 Å². The maximum atomic E-state index is 2.27. The van der Waals surface area contributed by atoms with Crippen LogP contribution in [0, 0.1) is 0 Å². The Labute approximate surface area is 136 Å². The Morgan fingerprint density at radius 1 is 0.478 bits per heavy atom. The summed E-state index contributed by atoms with van der Waals surface area (Å²) in [6.45, 7) is 0. The van der Waals surface area contributed by atoms with E-state index in [2.05, 4.69) is 92.2 Å². The highest BCUT2D eigenvalue weighted by Gasteiger charge is 2.21. The molecular formula is C22H14B. The van der Waals surface area contributed by atoms with Crippen LogP contribution in [0.3, 0.4) is 0 Å². The summed E-state index contributed by atoms with van der Waals surface area (Å²) in [7, 11) is 2.27. The van der Waals surface area contributed by atoms with Crippen LogP contribution in [-0.2, 0) is 0 Å². The van der Waals surface area contributed by atoms with Crippen molar-refractivity contribution in [2.24, 2.45) is 0 Å². The summed E-state index contributed by atoms with van der Waals surface area (Å²) in [5, 5.41) is 2.72. The molecule has 0 atom stereocenters. The van der Waals surface area contributed by atoms with Gasteiger partial charge in [0, 0.05) is 0 Å². The predicted molar refractivity (Wildman–Crippen MR) is 99.8 cm³/mol. The zero-order chi connectivity index (χ0) is 15.2. The zero-order valence-corrected chi connectivity index (χ0v) is 12.7. The number of hydrogen-bond acceptors (Lipinski definition) is 0. The van der Waals surface area contributed by atoms with Gasteiger partial charge in [0.2, 0.25) is 0 Å². The molecule has 5 rings (SSSR count). The summed E-state index contributed by atoms with van der Waals surface area (Å²) in [5.74, 6) is 0. The Kier molecular flexibility index (Phi) is 2.69. The van der Waals surface area contributed by atoms with E-state index in [-0.39, 0.29) is 0 Å². The Bertz CT molecular complexity index is 1000. The molecule has 0 bridgehead atoms. The molecule has 0 spiro atoms. The van der Waals surface area contributed by atoms with E-state index in [1.54, 1.807) is 0 Å². The molecule has 1 radical (unpaired) electrons. The summed E-state index contributed by atoms with van der Waals surface area (Å²) >= 11 is 0. The molecule has 1 aliphatic carbocycles. The minimum absolute atomic E-state index is 1.24. The second kappa shape index (κ2) is 4.86. The average Bonchev–Trinajstić information content (AvgIpc) is 2.94. The van der Waals surface area contributed by atoms with E-state index in [9.17, 15) is 0 Å². The van der Waals surface area contributed by atoms with Crippen molar-refractivity contribution in [2.45, 2.75) is 0 Å². The van der Waals surface area contributed by atoms with Crippen molar-refractivity contribution >= 4 is 29.0 Å². The monoisotopic (exact) mass is 289 g/mol. The van der Waals surface area contributed by atoms with Crippen LogP contribution in [0.5, 0.6) is 0 Å². The lowest BCUT2D eigenvalue weighted by Gasteiger charge is -2.09. The Hall–Kier alpha value is -2.80. The van der Waals surface area contributed by atoms with Crippen molar-refractivity contribution in [3.63, 3.8) is 0 Å². The van der Waals surface area contributed by atoms with E-state index in [4.69, 9.17) is 0 Å². The summed E-state index contributed by atoms with van der Waals surface area (Å²) in [6, 6.07) is 30.4. The lowest BCUT2D eigenvalue weighted by molar-refractivity contribution is 1.70. The molecule has 0 nitrogen and oxygen atoms in total. The highest BCUT2D eigenvalue weighted by Crippen LogP contribution is 2.46. The second-order valence-corrected chi connectivity index (χ2v) is 6.03. The first-order chi connectivity index (χ1) is 11.4. The van der Waals surface area contributed by atoms with Crippen molar-refractivity contribution in [3.8, 4) is 22.3 Å². The van der Waals surface area contributed by atoms with Crippen LogP contribution >= 0.6 is 0 Å². The van der Waals surface area contributed by atoms with Gasteiger partial charge in [0.15, 0.2) is 7.28 Å². The highest BCUT2D eigenvalue weighted by atomic mass is 14.2. The summed E-state index contributed by atoms with van der Waals surface area (Å²) < 4.78 is 0. The smallest absolute Gasteiger partial charge is 0.0814 e. The first kappa shape index (κ1) is 12.7. The standard InChI is InChI=1S/C22H14B/c1-2-7-15(8-3-1)23-21-14-13-19-17-10-5-4-9-16(17)18-11-6-12-20(21)22(18)19/h1-14H. The molecule has 4 aromatic carbocycles. The molecule has 0 fully saturated rings. The minimum Gasteiger partial charge on any atom is -0.0814 e. The second-order valence-electron chi connectivity index (χ2n) is 6.03. The first-order valence-corrected chi connectivity index (χ1v) is 7.97. The van der Waals surface area contributed by atoms with E-state index in [0.717, 1.165) is 0 Å². The average molecular weight is 289 g/mol. The molecule has 0 amide bonds. The molecule has 105 valence electrons. The van der Waals surface area contributed by atoms with E-state index in [1.807, 2.05) is 0 Å². The third-order valence-electron chi connectivity index (χ3n) is 4.70. The molecular weight excluding hydrogens is 275 g/mol. The maximum absolute atomic E-state index is 2.27. The Morgan fingerprint density at radius 2 is 1.13 bits per heavy atom. The largest absolute Gasteiger partial charge is 0.192 e. The van der Waals surface area contributed by atoms with Gasteiger partial charge in [0.25, 0.3) is 0 Å². The van der Waals surface area contributed by atoms with E-state index >= 15 is 0 Å². The van der Waals surface area contributed by atoms with Crippen LogP contribution in [-0.4, -0.2) is 7.28 Å². The summed E-state index contributed by atoms with van der Waals surface area (Å²) in [4.78, 5) is 0. The lowest BCUT2D eigenvalue weighted by atomic mass is 9.62. The van der Waals surface area contributed by atoms with Gasteiger partial charge in [-0.05, 0) is 33.0 Å². The number of benzene rings is 4. The van der Waals surface area contributed by atoms with Crippen LogP contribution in [0.1, 0.15) is 0 Å². The molecule has 0 heterocycles. The normalized spacial score (nSPS) is 11.5. The Balaban J connectivity index is 1.76. The van der Waals surface area contributed by atoms with Gasteiger partial charge in [-0.1, -0.05) is 95.9 Å². The topological polar surface area (TPSA) is 0 Å². The molecule has 1 heteroatoms. The third-order valence-corrected chi connectivity index (χ3v) is 4.70. The van der Waals surface area contributed by atoms with Gasteiger partial charge in [-0.25, -0.2) is 0 Å². The zero-order valence-electron chi connectivity index (χ0n) is 12.7. The molecule has 23 heavy (non-hydrogen) atoms. The SMILES string of the molecule is [B](c1ccccc1)c1ccc2c3c(cccc13)-c1ccccc1-2. The molecule has 0 unspecified atom stereocenters. The maximum Gasteiger partial charge on any atom is 0.192 e. The van der Waals surface area contributed by atoms with Gasteiger partial charge >= 0.3 is 0 Å². The van der Waals surface area contributed by atoms with Crippen molar-refractivity contribution in [2.75, 3.05) is 0 Å². The fraction of sp³-hybridized carbons (Fsp3) is 0. The summed E-state index contributed by atoms with van der Waals surface area (Å²) in [5.41, 5.74) is 7.94. The fourth-order valence-electron chi connectivity index (χ4n) is 3.69. The van der Waals surface area contributed by atoms with Crippen LogP contribution in [0.2, 0.25) is 0 Å². The molecule has 0 saturated carbocycles.